The Morgan fingerprint density at radius 1 is 1.12 bits per heavy atom. The van der Waals surface area contributed by atoms with E-state index in [0.717, 1.165) is 5.56 Å². The predicted molar refractivity (Wildman–Crippen MR) is 101 cm³/mol. The maximum Gasteiger partial charge on any atom is 0.282 e. The van der Waals surface area contributed by atoms with Crippen LogP contribution in [0.1, 0.15) is 15.9 Å². The Morgan fingerprint density at radius 3 is 2.38 bits per heavy atom. The van der Waals surface area contributed by atoms with Gasteiger partial charge in [0, 0.05) is 18.8 Å². The number of carbonyl (C=O) groups is 2. The van der Waals surface area contributed by atoms with E-state index in [1.54, 1.807) is 31.3 Å². The SMILES string of the molecule is CNC(=O)Cc1ccc(NC(=S)NC(=O)c2ccccc2[N+](=O)[O-])cc1. The van der Waals surface area contributed by atoms with Crippen LogP contribution >= 0.6 is 12.2 Å². The fraction of sp³-hybridized carbons (Fsp3) is 0.118. The van der Waals surface area contributed by atoms with Crippen LogP contribution in [-0.2, 0) is 11.2 Å². The molecule has 2 rings (SSSR count). The van der Waals surface area contributed by atoms with Crippen LogP contribution in [0, 0.1) is 10.1 Å². The Bertz CT molecular complexity index is 852. The van der Waals surface area contributed by atoms with Gasteiger partial charge in [0.15, 0.2) is 5.11 Å². The molecule has 0 aliphatic carbocycles. The first-order valence-corrected chi connectivity index (χ1v) is 7.97. The zero-order valence-electron chi connectivity index (χ0n) is 13.8. The van der Waals surface area contributed by atoms with E-state index in [4.69, 9.17) is 12.2 Å². The molecule has 9 heteroatoms. The lowest BCUT2D eigenvalue weighted by molar-refractivity contribution is -0.385. The normalized spacial score (nSPS) is 9.88. The van der Waals surface area contributed by atoms with Crippen molar-refractivity contribution in [1.29, 1.82) is 0 Å². The maximum atomic E-state index is 12.2. The van der Waals surface area contributed by atoms with Gasteiger partial charge in [0.25, 0.3) is 11.6 Å². The van der Waals surface area contributed by atoms with Crippen molar-refractivity contribution in [1.82, 2.24) is 10.6 Å². The van der Waals surface area contributed by atoms with E-state index >= 15 is 0 Å². The number of rotatable bonds is 5. The molecule has 3 N–H and O–H groups in total. The Hall–Kier alpha value is -3.33. The molecule has 8 nitrogen and oxygen atoms in total. The van der Waals surface area contributed by atoms with Gasteiger partial charge < -0.3 is 10.6 Å². The summed E-state index contributed by atoms with van der Waals surface area (Å²) in [4.78, 5) is 33.9. The molecule has 134 valence electrons. The number of nitro benzene ring substituents is 1. The highest BCUT2D eigenvalue weighted by atomic mass is 32.1. The van der Waals surface area contributed by atoms with Crippen LogP contribution in [0.2, 0.25) is 0 Å². The van der Waals surface area contributed by atoms with E-state index in [0.29, 0.717) is 5.69 Å². The van der Waals surface area contributed by atoms with Crippen molar-refractivity contribution in [3.05, 3.63) is 69.8 Å². The molecule has 2 aromatic carbocycles. The highest BCUT2D eigenvalue weighted by molar-refractivity contribution is 7.80. The van der Waals surface area contributed by atoms with Gasteiger partial charge in [-0.05, 0) is 36.0 Å². The lowest BCUT2D eigenvalue weighted by atomic mass is 10.1. The molecule has 0 saturated carbocycles. The standard InChI is InChI=1S/C17H16N4O4S/c1-18-15(22)10-11-6-8-12(9-7-11)19-17(26)20-16(23)13-4-2-3-5-14(13)21(24)25/h2-9H,10H2,1H3,(H,18,22)(H2,19,20,23,26). The van der Waals surface area contributed by atoms with Crippen LogP contribution in [0.25, 0.3) is 0 Å². The number of benzene rings is 2. The summed E-state index contributed by atoms with van der Waals surface area (Å²) in [5.41, 5.74) is 1.05. The van der Waals surface area contributed by atoms with Crippen molar-refractivity contribution in [3.8, 4) is 0 Å². The number of nitrogens with one attached hydrogen (secondary N) is 3. The molecule has 0 aromatic heterocycles. The first-order chi connectivity index (χ1) is 12.4. The number of amides is 2. The first kappa shape index (κ1) is 19.0. The Balaban J connectivity index is 1.99. The zero-order chi connectivity index (χ0) is 19.1. The summed E-state index contributed by atoms with van der Waals surface area (Å²) < 4.78 is 0. The van der Waals surface area contributed by atoms with E-state index in [2.05, 4.69) is 16.0 Å². The van der Waals surface area contributed by atoms with E-state index in [1.807, 2.05) is 0 Å². The Labute approximate surface area is 154 Å². The molecule has 26 heavy (non-hydrogen) atoms. The van der Waals surface area contributed by atoms with Crippen molar-refractivity contribution in [3.63, 3.8) is 0 Å². The number of para-hydroxylation sites is 1. The van der Waals surface area contributed by atoms with Gasteiger partial charge in [-0.15, -0.1) is 0 Å². The molecule has 0 spiro atoms. The third-order valence-electron chi connectivity index (χ3n) is 3.43. The number of anilines is 1. The van der Waals surface area contributed by atoms with Crippen molar-refractivity contribution < 1.29 is 14.5 Å². The van der Waals surface area contributed by atoms with Crippen LogP contribution in [0.15, 0.2) is 48.5 Å². The first-order valence-electron chi connectivity index (χ1n) is 7.56. The van der Waals surface area contributed by atoms with Crippen LogP contribution in [0.5, 0.6) is 0 Å². The molecule has 2 amide bonds. The molecule has 0 atom stereocenters. The third kappa shape index (κ3) is 5.08. The fourth-order valence-corrected chi connectivity index (χ4v) is 2.35. The van der Waals surface area contributed by atoms with Gasteiger partial charge in [-0.1, -0.05) is 24.3 Å². The van der Waals surface area contributed by atoms with Crippen LogP contribution in [-0.4, -0.2) is 28.9 Å². The highest BCUT2D eigenvalue weighted by Gasteiger charge is 2.19. The lowest BCUT2D eigenvalue weighted by Crippen LogP contribution is -2.34. The zero-order valence-corrected chi connectivity index (χ0v) is 14.6. The van der Waals surface area contributed by atoms with E-state index < -0.39 is 10.8 Å². The number of hydrogen-bond acceptors (Lipinski definition) is 5. The molecular formula is C17H16N4O4S. The summed E-state index contributed by atoms with van der Waals surface area (Å²) >= 11 is 5.07. The second-order valence-electron chi connectivity index (χ2n) is 5.23. The van der Waals surface area contributed by atoms with Crippen LogP contribution < -0.4 is 16.0 Å². The molecule has 0 aliphatic rings. The summed E-state index contributed by atoms with van der Waals surface area (Å²) in [6.07, 6.45) is 0.260. The van der Waals surface area contributed by atoms with Crippen molar-refractivity contribution in [2.45, 2.75) is 6.42 Å². The monoisotopic (exact) mass is 372 g/mol. The quantitative estimate of drug-likeness (QED) is 0.420. The van der Waals surface area contributed by atoms with E-state index in [9.17, 15) is 19.7 Å². The number of likely N-dealkylation sites (N-methyl/N-ethyl adjacent to an activating group) is 1. The molecule has 0 fully saturated rings. The van der Waals surface area contributed by atoms with Crippen molar-refractivity contribution in [2.75, 3.05) is 12.4 Å². The van der Waals surface area contributed by atoms with Gasteiger partial charge in [0.05, 0.1) is 11.3 Å². The van der Waals surface area contributed by atoms with Gasteiger partial charge in [0.2, 0.25) is 5.91 Å². The summed E-state index contributed by atoms with van der Waals surface area (Å²) in [5.74, 6) is -0.774. The molecule has 0 heterocycles. The molecule has 0 radical (unpaired) electrons. The molecule has 0 saturated heterocycles. The minimum absolute atomic E-state index is 0.00667. The average molecular weight is 372 g/mol. The Morgan fingerprint density at radius 2 is 1.77 bits per heavy atom. The number of hydrogen-bond donors (Lipinski definition) is 3. The third-order valence-corrected chi connectivity index (χ3v) is 3.63. The second-order valence-corrected chi connectivity index (χ2v) is 5.64. The van der Waals surface area contributed by atoms with Gasteiger partial charge in [-0.25, -0.2) is 0 Å². The number of nitrogens with zero attached hydrogens (tertiary/aromatic N) is 1. The summed E-state index contributed by atoms with van der Waals surface area (Å²) in [6, 6.07) is 12.5. The topological polar surface area (TPSA) is 113 Å². The summed E-state index contributed by atoms with van der Waals surface area (Å²) in [6.45, 7) is 0. The van der Waals surface area contributed by atoms with Crippen LogP contribution in [0.4, 0.5) is 11.4 Å². The highest BCUT2D eigenvalue weighted by Crippen LogP contribution is 2.17. The van der Waals surface area contributed by atoms with Gasteiger partial charge >= 0.3 is 0 Å². The van der Waals surface area contributed by atoms with Gasteiger partial charge in [-0.2, -0.15) is 0 Å². The maximum absolute atomic E-state index is 12.2. The smallest absolute Gasteiger partial charge is 0.282 e. The Kier molecular flexibility index (Phi) is 6.34. The van der Waals surface area contributed by atoms with Crippen molar-refractivity contribution in [2.24, 2.45) is 0 Å². The molecule has 0 unspecified atom stereocenters. The molecular weight excluding hydrogens is 356 g/mol. The fourth-order valence-electron chi connectivity index (χ4n) is 2.14. The number of nitro groups is 1. The molecule has 2 aromatic rings. The van der Waals surface area contributed by atoms with Crippen molar-refractivity contribution >= 4 is 40.5 Å². The number of thiocarbonyl (C=S) groups is 1. The number of carbonyl (C=O) groups excluding carboxylic acids is 2. The predicted octanol–water partition coefficient (Wildman–Crippen LogP) is 2.01. The molecule has 0 aliphatic heterocycles. The molecule has 0 bridgehead atoms. The minimum Gasteiger partial charge on any atom is -0.359 e. The van der Waals surface area contributed by atoms with Crippen LogP contribution in [0.3, 0.4) is 0 Å². The van der Waals surface area contributed by atoms with E-state index in [-0.39, 0.29) is 28.7 Å². The lowest BCUT2D eigenvalue weighted by Gasteiger charge is -2.10. The summed E-state index contributed by atoms with van der Waals surface area (Å²) in [7, 11) is 1.57. The van der Waals surface area contributed by atoms with Gasteiger partial charge in [0.1, 0.15) is 5.56 Å². The average Bonchev–Trinajstić information content (AvgIpc) is 2.63. The largest absolute Gasteiger partial charge is 0.359 e. The van der Waals surface area contributed by atoms with E-state index in [1.165, 1.54) is 24.3 Å². The second kappa shape index (κ2) is 8.67. The minimum atomic E-state index is -0.675. The van der Waals surface area contributed by atoms with Gasteiger partial charge in [-0.3, -0.25) is 25.0 Å². The summed E-state index contributed by atoms with van der Waals surface area (Å²) in [5, 5.41) is 18.8.